The Kier molecular flexibility index (Phi) is 3.24. The topological polar surface area (TPSA) is 58.0 Å². The molecule has 3 saturated carbocycles. The van der Waals surface area contributed by atoms with E-state index in [2.05, 4.69) is 0 Å². The van der Waals surface area contributed by atoms with E-state index < -0.39 is 34.8 Å². The van der Waals surface area contributed by atoms with Crippen molar-refractivity contribution in [2.45, 2.75) is 52.1 Å². The number of allylic oxidation sites excluding steroid dienone is 2. The number of hydrogen-bond donors (Lipinski definition) is 1. The normalized spacial score (nSPS) is 50.9. The Hall–Kier alpha value is -1.39. The molecule has 0 heterocycles. The van der Waals surface area contributed by atoms with Crippen LogP contribution in [0.1, 0.15) is 46.0 Å². The monoisotopic (exact) mass is 335 g/mol. The lowest BCUT2D eigenvalue weighted by Crippen LogP contribution is -2.58. The molecule has 4 aliphatic carbocycles. The molecule has 0 aromatic rings. The first-order valence-corrected chi connectivity index (χ1v) is 8.89. The molecule has 7 atom stereocenters. The van der Waals surface area contributed by atoms with E-state index in [-0.39, 0.29) is 35.4 Å². The summed E-state index contributed by atoms with van der Waals surface area (Å²) in [5.41, 5.74) is -1.63. The van der Waals surface area contributed by atoms with E-state index in [0.717, 1.165) is 19.3 Å². The second kappa shape index (κ2) is 4.83. The lowest BCUT2D eigenvalue weighted by atomic mass is 9.45. The highest BCUT2D eigenvalue weighted by atomic mass is 19.1. The average Bonchev–Trinajstić information content (AvgIpc) is 2.80. The standard InChI is InChI=1S/C19H23F2NO2/c1-18-6-5-11-9(10(18)3-4-14(18)23)7-12(20)15-16(22)17(24)13(21)8-19(11,15)2/h8-12,15,22H,3-7H2,1-2H3/t9-,10-,11-,12-,15?,18-,19+/m0/s1. The third-order valence-electron chi connectivity index (χ3n) is 7.68. The predicted octanol–water partition coefficient (Wildman–Crippen LogP) is 3.82. The zero-order valence-electron chi connectivity index (χ0n) is 14.1. The van der Waals surface area contributed by atoms with Gasteiger partial charge in [-0.15, -0.1) is 0 Å². The van der Waals surface area contributed by atoms with Crippen LogP contribution in [-0.4, -0.2) is 23.4 Å². The van der Waals surface area contributed by atoms with E-state index in [0.29, 0.717) is 6.42 Å². The highest BCUT2D eigenvalue weighted by Gasteiger charge is 2.63. The van der Waals surface area contributed by atoms with Crippen molar-refractivity contribution in [1.82, 2.24) is 0 Å². The fourth-order valence-electron chi connectivity index (χ4n) is 6.47. The minimum atomic E-state index is -1.32. The number of hydrogen-bond acceptors (Lipinski definition) is 3. The van der Waals surface area contributed by atoms with Crippen LogP contribution in [0.2, 0.25) is 0 Å². The van der Waals surface area contributed by atoms with E-state index in [1.54, 1.807) is 6.92 Å². The fourth-order valence-corrected chi connectivity index (χ4v) is 6.47. The van der Waals surface area contributed by atoms with Gasteiger partial charge >= 0.3 is 0 Å². The molecule has 4 rings (SSSR count). The number of nitrogens with one attached hydrogen (secondary N) is 1. The molecule has 0 saturated heterocycles. The molecule has 0 aromatic carbocycles. The van der Waals surface area contributed by atoms with Gasteiger partial charge in [0, 0.05) is 23.2 Å². The molecular formula is C19H23F2NO2. The Bertz CT molecular complexity index is 687. The molecule has 3 fully saturated rings. The Morgan fingerprint density at radius 1 is 1.21 bits per heavy atom. The summed E-state index contributed by atoms with van der Waals surface area (Å²) >= 11 is 0. The second-order valence-electron chi connectivity index (χ2n) is 8.63. The van der Waals surface area contributed by atoms with Crippen LogP contribution < -0.4 is 0 Å². The van der Waals surface area contributed by atoms with Gasteiger partial charge < -0.3 is 5.41 Å². The van der Waals surface area contributed by atoms with Gasteiger partial charge in [0.2, 0.25) is 5.78 Å². The minimum Gasteiger partial charge on any atom is -0.301 e. The van der Waals surface area contributed by atoms with Gasteiger partial charge in [-0.1, -0.05) is 13.8 Å². The van der Waals surface area contributed by atoms with E-state index >= 15 is 4.39 Å². The predicted molar refractivity (Wildman–Crippen MR) is 85.1 cm³/mol. The van der Waals surface area contributed by atoms with Gasteiger partial charge in [0.15, 0.2) is 5.83 Å². The van der Waals surface area contributed by atoms with Gasteiger partial charge in [0.1, 0.15) is 12.0 Å². The first-order chi connectivity index (χ1) is 11.2. The number of carbonyl (C=O) groups excluding carboxylic acids is 2. The summed E-state index contributed by atoms with van der Waals surface area (Å²) < 4.78 is 29.2. The zero-order valence-corrected chi connectivity index (χ0v) is 14.1. The zero-order chi connectivity index (χ0) is 17.4. The Morgan fingerprint density at radius 3 is 2.62 bits per heavy atom. The van der Waals surface area contributed by atoms with Crippen LogP contribution in [0, 0.1) is 39.9 Å². The number of alkyl halides is 1. The first kappa shape index (κ1) is 16.1. The number of carbonyl (C=O) groups is 2. The molecule has 1 N–H and O–H groups in total. The van der Waals surface area contributed by atoms with Crippen molar-refractivity contribution >= 4 is 17.3 Å². The molecule has 4 aliphatic rings. The summed E-state index contributed by atoms with van der Waals surface area (Å²) in [5, 5.41) is 8.00. The fraction of sp³-hybridized carbons (Fsp3) is 0.737. The van der Waals surface area contributed by atoms with Crippen molar-refractivity contribution in [3.63, 3.8) is 0 Å². The molecule has 130 valence electrons. The summed E-state index contributed by atoms with van der Waals surface area (Å²) in [6.07, 6.45) is 3.06. The minimum absolute atomic E-state index is 0.0245. The summed E-state index contributed by atoms with van der Waals surface area (Å²) in [6, 6.07) is 0. The number of ketones is 2. The molecule has 3 nitrogen and oxygen atoms in total. The van der Waals surface area contributed by atoms with Crippen molar-refractivity contribution in [3.8, 4) is 0 Å². The maximum atomic E-state index is 15.0. The van der Waals surface area contributed by atoms with Crippen molar-refractivity contribution in [2.75, 3.05) is 0 Å². The van der Waals surface area contributed by atoms with Crippen LogP contribution in [-0.2, 0) is 9.59 Å². The Morgan fingerprint density at radius 2 is 1.92 bits per heavy atom. The number of Topliss-reactive ketones (excluding diaryl/α,β-unsaturated/α-hetero) is 2. The molecule has 5 heteroatoms. The van der Waals surface area contributed by atoms with Gasteiger partial charge in [0.25, 0.3) is 0 Å². The van der Waals surface area contributed by atoms with Gasteiger partial charge in [-0.3, -0.25) is 9.59 Å². The molecule has 0 amide bonds. The number of halogens is 2. The Balaban J connectivity index is 1.79. The molecule has 0 bridgehead atoms. The molecular weight excluding hydrogens is 312 g/mol. The highest BCUT2D eigenvalue weighted by molar-refractivity contribution is 6.45. The maximum absolute atomic E-state index is 15.0. The molecule has 24 heavy (non-hydrogen) atoms. The molecule has 0 spiro atoms. The van der Waals surface area contributed by atoms with E-state index in [1.807, 2.05) is 6.92 Å². The number of fused-ring (bicyclic) bond motifs is 5. The summed E-state index contributed by atoms with van der Waals surface area (Å²) in [6.45, 7) is 3.81. The summed E-state index contributed by atoms with van der Waals surface area (Å²) in [5.74, 6) is -2.26. The van der Waals surface area contributed by atoms with Crippen LogP contribution in [0.5, 0.6) is 0 Å². The third kappa shape index (κ3) is 1.79. The van der Waals surface area contributed by atoms with Crippen molar-refractivity contribution in [1.29, 1.82) is 5.41 Å². The third-order valence-corrected chi connectivity index (χ3v) is 7.68. The molecule has 1 unspecified atom stereocenters. The van der Waals surface area contributed by atoms with Gasteiger partial charge in [-0.2, -0.15) is 0 Å². The maximum Gasteiger partial charge on any atom is 0.234 e. The average molecular weight is 335 g/mol. The van der Waals surface area contributed by atoms with Gasteiger partial charge in [0.05, 0.1) is 5.71 Å². The van der Waals surface area contributed by atoms with Gasteiger partial charge in [-0.05, 0) is 49.5 Å². The Labute approximate surface area is 140 Å². The van der Waals surface area contributed by atoms with Crippen molar-refractivity contribution in [3.05, 3.63) is 11.9 Å². The molecule has 0 aromatic heterocycles. The lowest BCUT2D eigenvalue weighted by molar-refractivity contribution is -0.135. The number of rotatable bonds is 0. The van der Waals surface area contributed by atoms with Crippen molar-refractivity contribution in [2.24, 2.45) is 34.5 Å². The van der Waals surface area contributed by atoms with Crippen LogP contribution in [0.4, 0.5) is 8.78 Å². The van der Waals surface area contributed by atoms with Crippen molar-refractivity contribution < 1.29 is 18.4 Å². The van der Waals surface area contributed by atoms with Crippen LogP contribution >= 0.6 is 0 Å². The molecule has 0 radical (unpaired) electrons. The van der Waals surface area contributed by atoms with E-state index in [9.17, 15) is 14.0 Å². The first-order valence-electron chi connectivity index (χ1n) is 8.89. The van der Waals surface area contributed by atoms with Crippen LogP contribution in [0.15, 0.2) is 11.9 Å². The van der Waals surface area contributed by atoms with Crippen LogP contribution in [0.25, 0.3) is 0 Å². The van der Waals surface area contributed by atoms with Gasteiger partial charge in [-0.25, -0.2) is 8.78 Å². The van der Waals surface area contributed by atoms with Crippen LogP contribution in [0.3, 0.4) is 0 Å². The lowest BCUT2D eigenvalue weighted by Gasteiger charge is -2.58. The largest absolute Gasteiger partial charge is 0.301 e. The quantitative estimate of drug-likeness (QED) is 0.731. The smallest absolute Gasteiger partial charge is 0.234 e. The summed E-state index contributed by atoms with van der Waals surface area (Å²) in [4.78, 5) is 24.2. The highest BCUT2D eigenvalue weighted by Crippen LogP contribution is 2.64. The SMILES string of the molecule is C[C@]12C=C(F)C(=O)C(=N)C1[C@@H](F)C[C@@H]1[C@@H]2CC[C@]2(C)C(=O)CC[C@@H]12. The summed E-state index contributed by atoms with van der Waals surface area (Å²) in [7, 11) is 0. The van der Waals surface area contributed by atoms with E-state index in [1.165, 1.54) is 6.08 Å². The van der Waals surface area contributed by atoms with E-state index in [4.69, 9.17) is 5.41 Å². The second-order valence-corrected chi connectivity index (χ2v) is 8.63. The molecule has 0 aliphatic heterocycles.